The molecule has 1 aromatic heterocycles. The minimum absolute atomic E-state index is 0.0864. The van der Waals surface area contributed by atoms with Crippen molar-refractivity contribution in [3.8, 4) is 0 Å². The van der Waals surface area contributed by atoms with Crippen LogP contribution in [-0.4, -0.2) is 21.2 Å². The summed E-state index contributed by atoms with van der Waals surface area (Å²) in [7, 11) is 0. The molecule has 0 aliphatic rings. The number of rotatable bonds is 10. The molecule has 0 fully saturated rings. The molecule has 1 heterocycles. The number of oxime groups is 1. The first-order valence-corrected chi connectivity index (χ1v) is 14.3. The molecule has 0 aliphatic heterocycles. The molecule has 0 amide bonds. The van der Waals surface area contributed by atoms with Crippen LogP contribution in [0.4, 0.5) is 5.69 Å². The number of nitro groups is 1. The van der Waals surface area contributed by atoms with Crippen molar-refractivity contribution < 1.29 is 14.6 Å². The second-order valence-electron chi connectivity index (χ2n) is 10.7. The lowest BCUT2D eigenvalue weighted by molar-refractivity contribution is -0.382. The van der Waals surface area contributed by atoms with E-state index < -0.39 is 5.97 Å². The summed E-state index contributed by atoms with van der Waals surface area (Å²) in [6, 6.07) is 23.2. The van der Waals surface area contributed by atoms with E-state index in [-0.39, 0.29) is 10.6 Å². The van der Waals surface area contributed by atoms with Gasteiger partial charge in [0.05, 0.1) is 15.8 Å². The monoisotopic (exact) mass is 549 g/mol. The van der Waals surface area contributed by atoms with E-state index in [1.165, 1.54) is 13.3 Å². The standard InChI is InChI=1S/C34H35N3O4/c1-5-7-13-24(6-2)21-36-31-18-17-25(33(35-41-23(4)38)26-14-9-8-12-22(26)3)19-29(31)30-20-32(37(39)40)27-15-10-11-16-28(27)34(30)36/h8-12,14-20,24H,5-7,13,21H2,1-4H3/b35-33+. The zero-order valence-electron chi connectivity index (χ0n) is 24.0. The highest BCUT2D eigenvalue weighted by molar-refractivity contribution is 6.22. The van der Waals surface area contributed by atoms with Crippen LogP contribution in [-0.2, 0) is 16.2 Å². The Balaban J connectivity index is 1.83. The Morgan fingerprint density at radius 3 is 2.39 bits per heavy atom. The molecular formula is C34H35N3O4. The fourth-order valence-corrected chi connectivity index (χ4v) is 5.81. The summed E-state index contributed by atoms with van der Waals surface area (Å²) in [5.74, 6) is -0.0241. The van der Waals surface area contributed by atoms with Gasteiger partial charge in [-0.3, -0.25) is 10.1 Å². The Labute approximate surface area is 239 Å². The Hall–Kier alpha value is -4.52. The largest absolute Gasteiger partial charge is 0.340 e. The van der Waals surface area contributed by atoms with Crippen LogP contribution in [0.15, 0.2) is 78.0 Å². The van der Waals surface area contributed by atoms with Crippen LogP contribution < -0.4 is 0 Å². The molecule has 0 aliphatic carbocycles. The maximum absolute atomic E-state index is 12.2. The SMILES string of the molecule is CCCCC(CC)Cn1c2ccc(/C(=N\OC(C)=O)c3ccccc3C)cc2c2cc([N+](=O)[O-])c3ccccc3c21. The van der Waals surface area contributed by atoms with Gasteiger partial charge in [-0.25, -0.2) is 4.79 Å². The van der Waals surface area contributed by atoms with Crippen LogP contribution in [0.25, 0.3) is 32.6 Å². The van der Waals surface area contributed by atoms with Crippen molar-refractivity contribution in [1.29, 1.82) is 0 Å². The second kappa shape index (κ2) is 11.9. The molecule has 7 nitrogen and oxygen atoms in total. The molecule has 0 radical (unpaired) electrons. The van der Waals surface area contributed by atoms with E-state index in [1.807, 2.05) is 67.6 Å². The van der Waals surface area contributed by atoms with Crippen molar-refractivity contribution in [2.75, 3.05) is 0 Å². The molecule has 0 bridgehead atoms. The Kier molecular flexibility index (Phi) is 8.15. The van der Waals surface area contributed by atoms with Crippen molar-refractivity contribution in [3.63, 3.8) is 0 Å². The highest BCUT2D eigenvalue weighted by atomic mass is 16.7. The van der Waals surface area contributed by atoms with E-state index in [0.717, 1.165) is 69.7 Å². The Morgan fingerprint density at radius 2 is 1.71 bits per heavy atom. The third kappa shape index (κ3) is 5.44. The van der Waals surface area contributed by atoms with E-state index in [9.17, 15) is 14.9 Å². The van der Waals surface area contributed by atoms with Crippen LogP contribution in [0.5, 0.6) is 0 Å². The lowest BCUT2D eigenvalue weighted by Crippen LogP contribution is -2.11. The van der Waals surface area contributed by atoms with Crippen molar-refractivity contribution in [1.82, 2.24) is 4.57 Å². The summed E-state index contributed by atoms with van der Waals surface area (Å²) in [5, 5.41) is 19.7. The molecular weight excluding hydrogens is 514 g/mol. The maximum atomic E-state index is 12.2. The van der Waals surface area contributed by atoms with Crippen LogP contribution >= 0.6 is 0 Å². The van der Waals surface area contributed by atoms with Gasteiger partial charge in [-0.15, -0.1) is 0 Å². The molecule has 0 saturated carbocycles. The first-order valence-electron chi connectivity index (χ1n) is 14.3. The Bertz CT molecular complexity index is 1800. The van der Waals surface area contributed by atoms with Crippen LogP contribution in [0, 0.1) is 23.0 Å². The highest BCUT2D eigenvalue weighted by Crippen LogP contribution is 2.40. The topological polar surface area (TPSA) is 86.7 Å². The van der Waals surface area contributed by atoms with Gasteiger partial charge in [-0.1, -0.05) is 86.8 Å². The minimum Gasteiger partial charge on any atom is -0.340 e. The molecule has 0 saturated heterocycles. The number of nitrogens with zero attached hydrogens (tertiary/aromatic N) is 3. The second-order valence-corrected chi connectivity index (χ2v) is 10.7. The number of non-ortho nitro benzene ring substituents is 1. The molecule has 0 spiro atoms. The molecule has 5 aromatic rings. The molecule has 1 atom stereocenters. The molecule has 0 N–H and O–H groups in total. The van der Waals surface area contributed by atoms with Gasteiger partial charge in [0.25, 0.3) is 5.69 Å². The summed E-state index contributed by atoms with van der Waals surface area (Å²) in [6.45, 7) is 8.58. The zero-order valence-corrected chi connectivity index (χ0v) is 24.0. The Morgan fingerprint density at radius 1 is 0.976 bits per heavy atom. The molecule has 7 heteroatoms. The predicted molar refractivity (Wildman–Crippen MR) is 165 cm³/mol. The molecule has 210 valence electrons. The van der Waals surface area contributed by atoms with Crippen molar-refractivity contribution in [3.05, 3.63) is 99.6 Å². The minimum atomic E-state index is -0.506. The van der Waals surface area contributed by atoms with Gasteiger partial charge < -0.3 is 9.40 Å². The highest BCUT2D eigenvalue weighted by Gasteiger charge is 2.23. The lowest BCUT2D eigenvalue weighted by Gasteiger charge is -2.18. The molecule has 41 heavy (non-hydrogen) atoms. The number of unbranched alkanes of at least 4 members (excludes halogenated alkanes) is 1. The van der Waals surface area contributed by atoms with Gasteiger partial charge in [-0.05, 0) is 43.0 Å². The van der Waals surface area contributed by atoms with E-state index in [1.54, 1.807) is 6.07 Å². The summed E-state index contributed by atoms with van der Waals surface area (Å²) in [5.41, 5.74) is 5.24. The number of nitro benzene ring substituents is 1. The van der Waals surface area contributed by atoms with Crippen molar-refractivity contribution >= 4 is 49.9 Å². The number of carbonyl (C=O) groups is 1. The molecule has 5 rings (SSSR count). The summed E-state index contributed by atoms with van der Waals surface area (Å²) < 4.78 is 2.35. The van der Waals surface area contributed by atoms with Gasteiger partial charge in [0.1, 0.15) is 5.71 Å². The third-order valence-corrected chi connectivity index (χ3v) is 7.96. The van der Waals surface area contributed by atoms with E-state index in [4.69, 9.17) is 4.84 Å². The number of fused-ring (bicyclic) bond motifs is 5. The zero-order chi connectivity index (χ0) is 29.1. The number of hydrogen-bond acceptors (Lipinski definition) is 5. The lowest BCUT2D eigenvalue weighted by atomic mass is 9.96. The van der Waals surface area contributed by atoms with E-state index in [2.05, 4.69) is 29.6 Å². The van der Waals surface area contributed by atoms with Gasteiger partial charge in [0.15, 0.2) is 0 Å². The van der Waals surface area contributed by atoms with Gasteiger partial charge in [0.2, 0.25) is 0 Å². The normalized spacial score (nSPS) is 12.7. The first kappa shape index (κ1) is 28.0. The quantitative estimate of drug-likeness (QED) is 0.0754. The summed E-state index contributed by atoms with van der Waals surface area (Å²) in [4.78, 5) is 28.8. The van der Waals surface area contributed by atoms with Gasteiger partial charge in [0, 0.05) is 52.3 Å². The van der Waals surface area contributed by atoms with Crippen LogP contribution in [0.3, 0.4) is 0 Å². The predicted octanol–water partition coefficient (Wildman–Crippen LogP) is 8.70. The fraction of sp³-hybridized carbons (Fsp3) is 0.294. The van der Waals surface area contributed by atoms with Crippen LogP contribution in [0.1, 0.15) is 63.1 Å². The number of aryl methyl sites for hydroxylation is 1. The fourth-order valence-electron chi connectivity index (χ4n) is 5.81. The number of benzene rings is 4. The van der Waals surface area contributed by atoms with E-state index >= 15 is 0 Å². The number of carbonyl (C=O) groups excluding carboxylic acids is 1. The first-order chi connectivity index (χ1) is 19.8. The summed E-state index contributed by atoms with van der Waals surface area (Å²) >= 11 is 0. The smallest absolute Gasteiger partial charge is 0.332 e. The van der Waals surface area contributed by atoms with Crippen molar-refractivity contribution in [2.24, 2.45) is 11.1 Å². The number of hydrogen-bond donors (Lipinski definition) is 0. The van der Waals surface area contributed by atoms with Gasteiger partial charge >= 0.3 is 5.97 Å². The third-order valence-electron chi connectivity index (χ3n) is 7.96. The van der Waals surface area contributed by atoms with Crippen LogP contribution in [0.2, 0.25) is 0 Å². The molecule has 1 unspecified atom stereocenters. The molecule has 4 aromatic carbocycles. The summed E-state index contributed by atoms with van der Waals surface area (Å²) in [6.07, 6.45) is 4.49. The van der Waals surface area contributed by atoms with Crippen molar-refractivity contribution in [2.45, 2.75) is 59.9 Å². The average Bonchev–Trinajstić information content (AvgIpc) is 3.28. The average molecular weight is 550 g/mol. The van der Waals surface area contributed by atoms with Gasteiger partial charge in [-0.2, -0.15) is 0 Å². The maximum Gasteiger partial charge on any atom is 0.332 e. The van der Waals surface area contributed by atoms with E-state index in [0.29, 0.717) is 17.0 Å². The number of aromatic nitrogens is 1.